The third-order valence-corrected chi connectivity index (χ3v) is 4.14. The molecule has 2 rings (SSSR count). The third-order valence-electron chi connectivity index (χ3n) is 4.14. The molecule has 2 heterocycles. The van der Waals surface area contributed by atoms with Gasteiger partial charge in [0.15, 0.2) is 5.84 Å². The molecule has 0 atom stereocenters. The number of rotatable bonds is 3. The van der Waals surface area contributed by atoms with Crippen LogP contribution >= 0.6 is 0 Å². The molecule has 0 unspecified atom stereocenters. The minimum Gasteiger partial charge on any atom is -0.409 e. The second kappa shape index (κ2) is 5.66. The van der Waals surface area contributed by atoms with E-state index < -0.39 is 5.54 Å². The lowest BCUT2D eigenvalue weighted by atomic mass is 10.00. The number of oxime groups is 1. The van der Waals surface area contributed by atoms with Crippen molar-refractivity contribution in [3.63, 3.8) is 0 Å². The molecule has 0 aromatic carbocycles. The van der Waals surface area contributed by atoms with Crippen LogP contribution in [0.1, 0.15) is 19.4 Å². The lowest BCUT2D eigenvalue weighted by Gasteiger charge is -2.44. The van der Waals surface area contributed by atoms with E-state index in [4.69, 9.17) is 10.9 Å². The van der Waals surface area contributed by atoms with Crippen LogP contribution in [0.25, 0.3) is 0 Å². The van der Waals surface area contributed by atoms with E-state index in [2.05, 4.69) is 32.9 Å². The zero-order valence-electron chi connectivity index (χ0n) is 12.4. The normalized spacial score (nSPS) is 18.4. The predicted molar refractivity (Wildman–Crippen MR) is 80.2 cm³/mol. The molecule has 1 aromatic heterocycles. The minimum absolute atomic E-state index is 0.256. The first-order valence-electron chi connectivity index (χ1n) is 6.85. The van der Waals surface area contributed by atoms with Crippen molar-refractivity contribution in [1.29, 1.82) is 0 Å². The van der Waals surface area contributed by atoms with Crippen LogP contribution in [-0.2, 0) is 0 Å². The van der Waals surface area contributed by atoms with Gasteiger partial charge < -0.3 is 15.8 Å². The first-order chi connectivity index (χ1) is 9.46. The monoisotopic (exact) mass is 277 g/mol. The average molecular weight is 277 g/mol. The Morgan fingerprint density at radius 3 is 2.55 bits per heavy atom. The summed E-state index contributed by atoms with van der Waals surface area (Å²) in [6.07, 6.45) is 3.72. The highest BCUT2D eigenvalue weighted by molar-refractivity contribution is 5.88. The SMILES string of the molecule is Cc1cnccc1N1CCN(C(C)(C)C(N)=NO)CC1. The Kier molecular flexibility index (Phi) is 4.13. The molecule has 1 fully saturated rings. The smallest absolute Gasteiger partial charge is 0.159 e. The summed E-state index contributed by atoms with van der Waals surface area (Å²) in [4.78, 5) is 8.73. The zero-order chi connectivity index (χ0) is 14.8. The number of aromatic nitrogens is 1. The topological polar surface area (TPSA) is 78.0 Å². The molecular weight excluding hydrogens is 254 g/mol. The van der Waals surface area contributed by atoms with Crippen molar-refractivity contribution in [2.45, 2.75) is 26.3 Å². The Morgan fingerprint density at radius 1 is 1.35 bits per heavy atom. The summed E-state index contributed by atoms with van der Waals surface area (Å²) in [6.45, 7) is 9.65. The Labute approximate surface area is 119 Å². The van der Waals surface area contributed by atoms with Crippen LogP contribution in [0.3, 0.4) is 0 Å². The molecule has 20 heavy (non-hydrogen) atoms. The Morgan fingerprint density at radius 2 is 2.00 bits per heavy atom. The Bertz CT molecular complexity index is 492. The van der Waals surface area contributed by atoms with Gasteiger partial charge in [-0.3, -0.25) is 9.88 Å². The maximum atomic E-state index is 8.89. The highest BCUT2D eigenvalue weighted by Gasteiger charge is 2.33. The van der Waals surface area contributed by atoms with Crippen LogP contribution in [0.15, 0.2) is 23.6 Å². The van der Waals surface area contributed by atoms with E-state index >= 15 is 0 Å². The van der Waals surface area contributed by atoms with E-state index in [0.29, 0.717) is 0 Å². The summed E-state index contributed by atoms with van der Waals surface area (Å²) in [5, 5.41) is 12.0. The Balaban J connectivity index is 2.05. The zero-order valence-corrected chi connectivity index (χ0v) is 12.4. The largest absolute Gasteiger partial charge is 0.409 e. The maximum Gasteiger partial charge on any atom is 0.159 e. The standard InChI is InChI=1S/C14H23N5O/c1-11-10-16-5-4-12(11)18-6-8-19(9-7-18)14(2,3)13(15)17-20/h4-5,10,20H,6-9H2,1-3H3,(H2,15,17). The van der Waals surface area contributed by atoms with Gasteiger partial charge in [-0.2, -0.15) is 0 Å². The fraction of sp³-hybridized carbons (Fsp3) is 0.571. The molecule has 1 aliphatic heterocycles. The van der Waals surface area contributed by atoms with E-state index in [1.807, 2.05) is 26.2 Å². The number of amidine groups is 1. The molecule has 6 heteroatoms. The maximum absolute atomic E-state index is 8.89. The second-order valence-electron chi connectivity index (χ2n) is 5.68. The molecule has 0 bridgehead atoms. The molecule has 6 nitrogen and oxygen atoms in total. The highest BCUT2D eigenvalue weighted by atomic mass is 16.4. The Hall–Kier alpha value is -1.82. The van der Waals surface area contributed by atoms with E-state index in [1.165, 1.54) is 11.3 Å². The summed E-state index contributed by atoms with van der Waals surface area (Å²) in [6, 6.07) is 2.06. The van der Waals surface area contributed by atoms with Crippen LogP contribution in [0.5, 0.6) is 0 Å². The molecule has 110 valence electrons. The van der Waals surface area contributed by atoms with Crippen molar-refractivity contribution in [2.75, 3.05) is 31.1 Å². The molecule has 0 aliphatic carbocycles. The van der Waals surface area contributed by atoms with Crippen LogP contribution in [-0.4, -0.2) is 52.6 Å². The van der Waals surface area contributed by atoms with Crippen LogP contribution in [0, 0.1) is 6.92 Å². The fourth-order valence-electron chi connectivity index (χ4n) is 2.61. The van der Waals surface area contributed by atoms with E-state index in [9.17, 15) is 0 Å². The lowest BCUT2D eigenvalue weighted by molar-refractivity contribution is 0.161. The minimum atomic E-state index is -0.422. The number of hydrogen-bond acceptors (Lipinski definition) is 5. The van der Waals surface area contributed by atoms with E-state index in [0.717, 1.165) is 26.2 Å². The summed E-state index contributed by atoms with van der Waals surface area (Å²) >= 11 is 0. The molecule has 1 aromatic rings. The van der Waals surface area contributed by atoms with Gasteiger partial charge in [0.2, 0.25) is 0 Å². The number of hydrogen-bond donors (Lipinski definition) is 2. The second-order valence-corrected chi connectivity index (χ2v) is 5.68. The number of anilines is 1. The molecule has 0 spiro atoms. The van der Waals surface area contributed by atoms with Gasteiger partial charge >= 0.3 is 0 Å². The van der Waals surface area contributed by atoms with Crippen molar-refractivity contribution in [3.05, 3.63) is 24.0 Å². The van der Waals surface area contributed by atoms with Crippen molar-refractivity contribution >= 4 is 11.5 Å². The van der Waals surface area contributed by atoms with Crippen molar-refractivity contribution in [2.24, 2.45) is 10.9 Å². The van der Waals surface area contributed by atoms with Gasteiger partial charge in [-0.25, -0.2) is 0 Å². The van der Waals surface area contributed by atoms with E-state index in [-0.39, 0.29) is 5.84 Å². The van der Waals surface area contributed by atoms with Crippen LogP contribution < -0.4 is 10.6 Å². The highest BCUT2D eigenvalue weighted by Crippen LogP contribution is 2.23. The number of piperazine rings is 1. The molecule has 1 saturated heterocycles. The number of pyridine rings is 1. The van der Waals surface area contributed by atoms with Crippen LogP contribution in [0.2, 0.25) is 0 Å². The van der Waals surface area contributed by atoms with Gasteiger partial charge in [0.25, 0.3) is 0 Å². The predicted octanol–water partition coefficient (Wildman–Crippen LogP) is 1.04. The lowest BCUT2D eigenvalue weighted by Crippen LogP contribution is -2.59. The molecule has 0 radical (unpaired) electrons. The van der Waals surface area contributed by atoms with Gasteiger partial charge in [-0.15, -0.1) is 0 Å². The molecule has 0 saturated carbocycles. The summed E-state index contributed by atoms with van der Waals surface area (Å²) in [7, 11) is 0. The van der Waals surface area contributed by atoms with Crippen molar-refractivity contribution in [3.8, 4) is 0 Å². The first kappa shape index (κ1) is 14.6. The van der Waals surface area contributed by atoms with Crippen molar-refractivity contribution in [1.82, 2.24) is 9.88 Å². The van der Waals surface area contributed by atoms with Gasteiger partial charge in [-0.1, -0.05) is 5.16 Å². The first-order valence-corrected chi connectivity index (χ1v) is 6.85. The fourth-order valence-corrected chi connectivity index (χ4v) is 2.61. The molecular formula is C14H23N5O. The van der Waals surface area contributed by atoms with Gasteiger partial charge in [-0.05, 0) is 32.4 Å². The molecule has 1 aliphatic rings. The number of aryl methyl sites for hydroxylation is 1. The van der Waals surface area contributed by atoms with Crippen LogP contribution in [0.4, 0.5) is 5.69 Å². The van der Waals surface area contributed by atoms with E-state index in [1.54, 1.807) is 0 Å². The van der Waals surface area contributed by atoms with Crippen molar-refractivity contribution < 1.29 is 5.21 Å². The number of nitrogens with zero attached hydrogens (tertiary/aromatic N) is 4. The van der Waals surface area contributed by atoms with Gasteiger partial charge in [0, 0.05) is 44.3 Å². The quantitative estimate of drug-likeness (QED) is 0.373. The summed E-state index contributed by atoms with van der Waals surface area (Å²) < 4.78 is 0. The molecule has 3 N–H and O–H groups in total. The van der Waals surface area contributed by atoms with Gasteiger partial charge in [0.05, 0.1) is 5.54 Å². The third kappa shape index (κ3) is 2.70. The molecule has 0 amide bonds. The number of nitrogens with two attached hydrogens (primary N) is 1. The summed E-state index contributed by atoms with van der Waals surface area (Å²) in [5.41, 5.74) is 7.79. The average Bonchev–Trinajstić information content (AvgIpc) is 2.47. The summed E-state index contributed by atoms with van der Waals surface area (Å²) in [5.74, 6) is 0.256. The van der Waals surface area contributed by atoms with Gasteiger partial charge in [0.1, 0.15) is 0 Å².